The third-order valence-corrected chi connectivity index (χ3v) is 0.810. The second kappa shape index (κ2) is 5.09. The van der Waals surface area contributed by atoms with Gasteiger partial charge in [0, 0.05) is 13.2 Å². The topological polar surface area (TPSA) is 20.3 Å². The summed E-state index contributed by atoms with van der Waals surface area (Å²) in [4.78, 5) is 11.4. The molecule has 0 heterocycles. The van der Waals surface area contributed by atoms with Gasteiger partial charge in [-0.3, -0.25) is 4.79 Å². The number of hydrogen-bond acceptors (Lipinski definition) is 1. The quantitative estimate of drug-likeness (QED) is 0.408. The highest BCUT2D eigenvalue weighted by Crippen LogP contribution is 1.84. The smallest absolute Gasteiger partial charge is 0.213 e. The van der Waals surface area contributed by atoms with Crippen LogP contribution in [0.5, 0.6) is 0 Å². The lowest BCUT2D eigenvalue weighted by Gasteiger charge is -1.99. The van der Waals surface area contributed by atoms with Crippen LogP contribution in [0.15, 0.2) is 24.9 Å². The van der Waals surface area contributed by atoms with Crippen molar-refractivity contribution in [3.63, 3.8) is 0 Å². The Morgan fingerprint density at radius 3 is 2.78 bits per heavy atom. The van der Waals surface area contributed by atoms with E-state index in [0.29, 0.717) is 0 Å². The van der Waals surface area contributed by atoms with Crippen molar-refractivity contribution in [1.29, 1.82) is 0 Å². The Hall–Kier alpha value is -1.05. The molecule has 2 nitrogen and oxygen atoms in total. The number of hydrogen-bond donors (Lipinski definition) is 0. The number of nitrogens with zero attached hydrogens (tertiary/aromatic N) is 1. The summed E-state index contributed by atoms with van der Waals surface area (Å²) in [6, 6.07) is 0. The van der Waals surface area contributed by atoms with Gasteiger partial charge in [-0.2, -0.15) is 0 Å². The van der Waals surface area contributed by atoms with Gasteiger partial charge in [0.2, 0.25) is 6.41 Å². The second-order valence-corrected chi connectivity index (χ2v) is 1.68. The van der Waals surface area contributed by atoms with Crippen molar-refractivity contribution >= 4 is 6.41 Å². The van der Waals surface area contributed by atoms with E-state index in [1.807, 2.05) is 6.08 Å². The van der Waals surface area contributed by atoms with Crippen molar-refractivity contribution in [1.82, 2.24) is 4.90 Å². The van der Waals surface area contributed by atoms with E-state index in [0.717, 1.165) is 12.8 Å². The molecule has 0 aliphatic heterocycles. The van der Waals surface area contributed by atoms with Gasteiger partial charge in [-0.1, -0.05) is 12.2 Å². The van der Waals surface area contributed by atoms with Crippen LogP contribution in [0, 0.1) is 0 Å². The maximum Gasteiger partial charge on any atom is 0.213 e. The molecule has 0 radical (unpaired) electrons. The third-order valence-electron chi connectivity index (χ3n) is 0.810. The molecule has 0 unspecified atom stereocenters. The first-order valence-electron chi connectivity index (χ1n) is 2.76. The summed E-state index contributed by atoms with van der Waals surface area (Å²) >= 11 is 0. The standard InChI is InChI=1S/C7H11NO/c1-3-4-5-6-8(2)7-9/h3,5-7H,1,4H2,2H3/b6-5+. The molecule has 0 aromatic heterocycles. The number of allylic oxidation sites excluding steroid dienone is 2. The maximum atomic E-state index is 9.95. The van der Waals surface area contributed by atoms with E-state index in [9.17, 15) is 4.79 Å². The first kappa shape index (κ1) is 7.95. The monoisotopic (exact) mass is 125 g/mol. The molecule has 0 saturated carbocycles. The van der Waals surface area contributed by atoms with Crippen molar-refractivity contribution in [2.24, 2.45) is 0 Å². The third kappa shape index (κ3) is 4.81. The summed E-state index contributed by atoms with van der Waals surface area (Å²) in [6.45, 7) is 3.53. The van der Waals surface area contributed by atoms with Gasteiger partial charge in [-0.15, -0.1) is 6.58 Å². The summed E-state index contributed by atoms with van der Waals surface area (Å²) < 4.78 is 0. The fourth-order valence-corrected chi connectivity index (χ4v) is 0.358. The summed E-state index contributed by atoms with van der Waals surface area (Å²) in [5, 5.41) is 0. The number of carbonyl (C=O) groups excluding carboxylic acids is 1. The number of amides is 1. The van der Waals surface area contributed by atoms with Crippen LogP contribution in [0.1, 0.15) is 6.42 Å². The highest BCUT2D eigenvalue weighted by atomic mass is 16.1. The van der Waals surface area contributed by atoms with Crippen molar-refractivity contribution in [2.45, 2.75) is 6.42 Å². The molecule has 50 valence electrons. The van der Waals surface area contributed by atoms with E-state index in [2.05, 4.69) is 6.58 Å². The van der Waals surface area contributed by atoms with Crippen LogP contribution in [0.25, 0.3) is 0 Å². The second-order valence-electron chi connectivity index (χ2n) is 1.68. The first-order chi connectivity index (χ1) is 4.31. The first-order valence-corrected chi connectivity index (χ1v) is 2.76. The molecule has 0 N–H and O–H groups in total. The fraction of sp³-hybridized carbons (Fsp3) is 0.286. The van der Waals surface area contributed by atoms with Crippen LogP contribution in [0.2, 0.25) is 0 Å². The van der Waals surface area contributed by atoms with Crippen LogP contribution in [0.3, 0.4) is 0 Å². The highest BCUT2D eigenvalue weighted by Gasteiger charge is 1.78. The van der Waals surface area contributed by atoms with Crippen LogP contribution >= 0.6 is 0 Å². The molecule has 9 heavy (non-hydrogen) atoms. The van der Waals surface area contributed by atoms with Gasteiger partial charge in [0.05, 0.1) is 0 Å². The molecule has 0 aliphatic carbocycles. The van der Waals surface area contributed by atoms with Gasteiger partial charge < -0.3 is 4.90 Å². The molecule has 1 amide bonds. The van der Waals surface area contributed by atoms with Gasteiger partial charge in [0.25, 0.3) is 0 Å². The van der Waals surface area contributed by atoms with E-state index >= 15 is 0 Å². The summed E-state index contributed by atoms with van der Waals surface area (Å²) in [6.07, 6.45) is 6.89. The largest absolute Gasteiger partial charge is 0.325 e. The summed E-state index contributed by atoms with van der Waals surface area (Å²) in [7, 11) is 1.69. The molecule has 0 aromatic carbocycles. The molecule has 0 aliphatic rings. The van der Waals surface area contributed by atoms with Gasteiger partial charge in [-0.25, -0.2) is 0 Å². The zero-order chi connectivity index (χ0) is 7.11. The molecule has 0 aromatic rings. The molecule has 0 fully saturated rings. The Balaban J connectivity index is 3.42. The number of rotatable bonds is 4. The lowest BCUT2D eigenvalue weighted by atomic mass is 10.4. The van der Waals surface area contributed by atoms with E-state index in [-0.39, 0.29) is 0 Å². The lowest BCUT2D eigenvalue weighted by Crippen LogP contribution is -2.05. The number of carbonyl (C=O) groups is 1. The SMILES string of the molecule is C=CC/C=C/N(C)C=O. The zero-order valence-electron chi connectivity index (χ0n) is 5.58. The van der Waals surface area contributed by atoms with Crippen LogP contribution in [0.4, 0.5) is 0 Å². The average Bonchev–Trinajstić information content (AvgIpc) is 1.89. The minimum absolute atomic E-state index is 0.750. The Morgan fingerprint density at radius 2 is 2.33 bits per heavy atom. The van der Waals surface area contributed by atoms with Crippen molar-refractivity contribution < 1.29 is 4.79 Å². The molecule has 0 spiro atoms. The maximum absolute atomic E-state index is 9.95. The molecule has 2 heteroatoms. The van der Waals surface area contributed by atoms with E-state index < -0.39 is 0 Å². The predicted molar refractivity (Wildman–Crippen MR) is 37.8 cm³/mol. The van der Waals surface area contributed by atoms with Crippen LogP contribution in [-0.4, -0.2) is 18.4 Å². The van der Waals surface area contributed by atoms with Gasteiger partial charge in [0.15, 0.2) is 0 Å². The molecule has 0 saturated heterocycles. The highest BCUT2D eigenvalue weighted by molar-refractivity contribution is 5.48. The minimum atomic E-state index is 0.750. The zero-order valence-corrected chi connectivity index (χ0v) is 5.58. The van der Waals surface area contributed by atoms with E-state index in [1.165, 1.54) is 4.90 Å². The molecule has 0 bridgehead atoms. The molecule has 0 atom stereocenters. The van der Waals surface area contributed by atoms with Crippen molar-refractivity contribution in [3.8, 4) is 0 Å². The normalized spacial score (nSPS) is 9.44. The molecule has 0 rings (SSSR count). The van der Waals surface area contributed by atoms with Crippen LogP contribution in [-0.2, 0) is 4.79 Å². The van der Waals surface area contributed by atoms with Crippen molar-refractivity contribution in [3.05, 3.63) is 24.9 Å². The average molecular weight is 125 g/mol. The summed E-state index contributed by atoms with van der Waals surface area (Å²) in [5.41, 5.74) is 0. The Labute approximate surface area is 55.5 Å². The molecular weight excluding hydrogens is 114 g/mol. The van der Waals surface area contributed by atoms with Crippen molar-refractivity contribution in [2.75, 3.05) is 7.05 Å². The van der Waals surface area contributed by atoms with E-state index in [1.54, 1.807) is 19.3 Å². The van der Waals surface area contributed by atoms with Gasteiger partial charge in [-0.05, 0) is 6.42 Å². The van der Waals surface area contributed by atoms with Gasteiger partial charge in [0.1, 0.15) is 0 Å². The Morgan fingerprint density at radius 1 is 1.67 bits per heavy atom. The molecular formula is C7H11NO. The fourth-order valence-electron chi connectivity index (χ4n) is 0.358. The van der Waals surface area contributed by atoms with E-state index in [4.69, 9.17) is 0 Å². The predicted octanol–water partition coefficient (Wildman–Crippen LogP) is 1.16. The Bertz CT molecular complexity index is 118. The Kier molecular flexibility index (Phi) is 4.50. The summed E-state index contributed by atoms with van der Waals surface area (Å²) in [5.74, 6) is 0. The van der Waals surface area contributed by atoms with Gasteiger partial charge >= 0.3 is 0 Å². The minimum Gasteiger partial charge on any atom is -0.325 e. The lowest BCUT2D eigenvalue weighted by molar-refractivity contribution is -0.114. The van der Waals surface area contributed by atoms with Crippen LogP contribution < -0.4 is 0 Å².